The van der Waals surface area contributed by atoms with Gasteiger partial charge in [0, 0.05) is 54.6 Å². The highest BCUT2D eigenvalue weighted by Gasteiger charge is 2.32. The first-order valence-electron chi connectivity index (χ1n) is 12.4. The Morgan fingerprint density at radius 3 is 2.51 bits per heavy atom. The molecule has 2 fully saturated rings. The lowest BCUT2D eigenvalue weighted by molar-refractivity contribution is -0.138. The van der Waals surface area contributed by atoms with E-state index in [-0.39, 0.29) is 5.92 Å². The summed E-state index contributed by atoms with van der Waals surface area (Å²) in [5.41, 5.74) is 8.72. The Morgan fingerprint density at radius 2 is 1.83 bits per heavy atom. The van der Waals surface area contributed by atoms with E-state index in [1.807, 2.05) is 12.1 Å². The quantitative estimate of drug-likeness (QED) is 0.492. The van der Waals surface area contributed by atoms with Gasteiger partial charge in [0.25, 0.3) is 0 Å². The molecule has 35 heavy (non-hydrogen) atoms. The summed E-state index contributed by atoms with van der Waals surface area (Å²) < 4.78 is 2.38. The molecule has 2 aliphatic rings. The second-order valence-electron chi connectivity index (χ2n) is 9.39. The first kappa shape index (κ1) is 24.3. The zero-order chi connectivity index (χ0) is 24.4. The molecule has 0 bridgehead atoms. The van der Waals surface area contributed by atoms with E-state index in [1.165, 1.54) is 0 Å². The number of nitrogens with two attached hydrogens (primary N) is 1. The number of fused-ring (bicyclic) bond motifs is 1. The number of hydrogen-bond donors (Lipinski definition) is 1. The molecule has 3 aromatic rings. The molecule has 1 amide bonds. The number of nitrogens with zero attached hydrogens (tertiary/aromatic N) is 6. The first-order valence-corrected chi connectivity index (χ1v) is 13.8. The maximum absolute atomic E-state index is 13.3. The van der Waals surface area contributed by atoms with Gasteiger partial charge in [0.05, 0.1) is 11.0 Å². The number of aromatic nitrogens is 4. The summed E-state index contributed by atoms with van der Waals surface area (Å²) in [6.07, 6.45) is 7.27. The van der Waals surface area contributed by atoms with Crippen molar-refractivity contribution in [2.45, 2.75) is 50.4 Å². The Morgan fingerprint density at radius 1 is 1.11 bits per heavy atom. The lowest BCUT2D eigenvalue weighted by Gasteiger charge is -2.38. The number of carbonyl (C=O) groups is 1. The number of likely N-dealkylation sites (tertiary alicyclic amines) is 2. The number of halogens is 1. The van der Waals surface area contributed by atoms with Gasteiger partial charge in [0.2, 0.25) is 11.9 Å². The molecule has 0 spiro atoms. The van der Waals surface area contributed by atoms with Crippen molar-refractivity contribution in [2.24, 2.45) is 5.92 Å². The van der Waals surface area contributed by atoms with E-state index in [0.29, 0.717) is 22.9 Å². The summed E-state index contributed by atoms with van der Waals surface area (Å²) in [4.78, 5) is 30.8. The minimum absolute atomic E-state index is 0.118. The number of imidazole rings is 1. The van der Waals surface area contributed by atoms with E-state index in [2.05, 4.69) is 37.3 Å². The molecule has 1 aromatic carbocycles. The van der Waals surface area contributed by atoms with Crippen molar-refractivity contribution < 1.29 is 4.79 Å². The van der Waals surface area contributed by atoms with Crippen molar-refractivity contribution >= 4 is 46.3 Å². The molecule has 0 radical (unpaired) electrons. The number of piperidine rings is 2. The standard InChI is InChI=1S/C25H32ClN7OS/c1-2-35-25-30-21-13-19(26)3-4-22(21)33(25)20-7-11-32(12-8-20)23(34)18-5-9-31(10-6-18)16-17-14-28-24(27)29-15-17/h3-4,13-15,18,20H,2,5-12,16H2,1H3,(H2,27,28,29). The molecule has 2 N–H and O–H groups in total. The molecule has 10 heteroatoms. The van der Waals surface area contributed by atoms with Gasteiger partial charge < -0.3 is 15.2 Å². The summed E-state index contributed by atoms with van der Waals surface area (Å²) >= 11 is 7.98. The van der Waals surface area contributed by atoms with E-state index in [9.17, 15) is 4.79 Å². The average Bonchev–Trinajstić information content (AvgIpc) is 3.22. The Bertz CT molecular complexity index is 1170. The van der Waals surface area contributed by atoms with Gasteiger partial charge in [-0.05, 0) is 62.7 Å². The van der Waals surface area contributed by atoms with E-state index in [0.717, 1.165) is 85.9 Å². The summed E-state index contributed by atoms with van der Waals surface area (Å²) in [6.45, 7) is 6.38. The number of nitrogen functional groups attached to an aromatic ring is 1. The van der Waals surface area contributed by atoms with Gasteiger partial charge in [-0.25, -0.2) is 15.0 Å². The monoisotopic (exact) mass is 513 g/mol. The van der Waals surface area contributed by atoms with Crippen LogP contribution < -0.4 is 5.73 Å². The van der Waals surface area contributed by atoms with E-state index < -0.39 is 0 Å². The third kappa shape index (κ3) is 5.42. The van der Waals surface area contributed by atoms with Crippen LogP contribution in [-0.4, -0.2) is 67.2 Å². The molecule has 4 heterocycles. The van der Waals surface area contributed by atoms with Crippen LogP contribution in [-0.2, 0) is 11.3 Å². The number of hydrogen-bond acceptors (Lipinski definition) is 7. The van der Waals surface area contributed by atoms with Crippen LogP contribution in [0.5, 0.6) is 0 Å². The summed E-state index contributed by atoms with van der Waals surface area (Å²) in [6, 6.07) is 6.31. The highest BCUT2D eigenvalue weighted by atomic mass is 35.5. The van der Waals surface area contributed by atoms with Crippen molar-refractivity contribution in [3.63, 3.8) is 0 Å². The topological polar surface area (TPSA) is 93.2 Å². The molecule has 2 aliphatic heterocycles. The largest absolute Gasteiger partial charge is 0.368 e. The van der Waals surface area contributed by atoms with Crippen LogP contribution in [0.3, 0.4) is 0 Å². The Labute approximate surface area is 215 Å². The lowest BCUT2D eigenvalue weighted by atomic mass is 9.93. The van der Waals surface area contributed by atoms with Gasteiger partial charge in [-0.3, -0.25) is 9.69 Å². The summed E-state index contributed by atoms with van der Waals surface area (Å²) in [5.74, 6) is 1.71. The molecule has 0 aliphatic carbocycles. The molecule has 8 nitrogen and oxygen atoms in total. The predicted molar refractivity (Wildman–Crippen MR) is 140 cm³/mol. The molecule has 0 unspecified atom stereocenters. The van der Waals surface area contributed by atoms with Gasteiger partial charge >= 0.3 is 0 Å². The molecule has 0 atom stereocenters. The number of amides is 1. The number of anilines is 1. The fraction of sp³-hybridized carbons (Fsp3) is 0.520. The normalized spacial score (nSPS) is 18.4. The fourth-order valence-electron chi connectivity index (χ4n) is 5.28. The minimum atomic E-state index is 0.118. The molecule has 2 aromatic heterocycles. The van der Waals surface area contributed by atoms with Gasteiger partial charge in [0.15, 0.2) is 5.16 Å². The predicted octanol–water partition coefficient (Wildman–Crippen LogP) is 4.25. The van der Waals surface area contributed by atoms with Gasteiger partial charge in [-0.15, -0.1) is 0 Å². The Balaban J connectivity index is 1.17. The van der Waals surface area contributed by atoms with Crippen molar-refractivity contribution in [3.8, 4) is 0 Å². The van der Waals surface area contributed by atoms with Crippen molar-refractivity contribution in [1.29, 1.82) is 0 Å². The van der Waals surface area contributed by atoms with Crippen LogP contribution in [0.15, 0.2) is 35.7 Å². The molecular formula is C25H32ClN7OS. The SMILES string of the molecule is CCSc1nc2cc(Cl)ccc2n1C1CCN(C(=O)C2CCN(Cc3cnc(N)nc3)CC2)CC1. The second kappa shape index (κ2) is 10.7. The Kier molecular flexibility index (Phi) is 7.45. The highest BCUT2D eigenvalue weighted by Crippen LogP contribution is 2.34. The van der Waals surface area contributed by atoms with E-state index in [4.69, 9.17) is 22.3 Å². The molecule has 0 saturated carbocycles. The third-order valence-electron chi connectivity index (χ3n) is 7.10. The molecule has 5 rings (SSSR count). The fourth-order valence-corrected chi connectivity index (χ4v) is 6.25. The van der Waals surface area contributed by atoms with Crippen LogP contribution in [0, 0.1) is 5.92 Å². The molecular weight excluding hydrogens is 482 g/mol. The maximum Gasteiger partial charge on any atom is 0.225 e. The third-order valence-corrected chi connectivity index (χ3v) is 8.17. The highest BCUT2D eigenvalue weighted by molar-refractivity contribution is 7.99. The van der Waals surface area contributed by atoms with Gasteiger partial charge in [0.1, 0.15) is 0 Å². The lowest BCUT2D eigenvalue weighted by Crippen LogP contribution is -2.45. The first-order chi connectivity index (χ1) is 17.0. The van der Waals surface area contributed by atoms with Crippen LogP contribution in [0.1, 0.15) is 44.2 Å². The smallest absolute Gasteiger partial charge is 0.225 e. The number of thioether (sulfide) groups is 1. The van der Waals surface area contributed by atoms with Crippen molar-refractivity contribution in [1.82, 2.24) is 29.3 Å². The van der Waals surface area contributed by atoms with Crippen molar-refractivity contribution in [2.75, 3.05) is 37.7 Å². The zero-order valence-electron chi connectivity index (χ0n) is 20.1. The van der Waals surface area contributed by atoms with E-state index in [1.54, 1.807) is 24.2 Å². The average molecular weight is 514 g/mol. The van der Waals surface area contributed by atoms with Crippen LogP contribution in [0.4, 0.5) is 5.95 Å². The molecule has 186 valence electrons. The van der Waals surface area contributed by atoms with Gasteiger partial charge in [-0.2, -0.15) is 0 Å². The van der Waals surface area contributed by atoms with Crippen LogP contribution >= 0.6 is 23.4 Å². The summed E-state index contributed by atoms with van der Waals surface area (Å²) in [7, 11) is 0. The zero-order valence-corrected chi connectivity index (χ0v) is 21.6. The van der Waals surface area contributed by atoms with Gasteiger partial charge in [-0.1, -0.05) is 30.3 Å². The molecule has 2 saturated heterocycles. The maximum atomic E-state index is 13.3. The van der Waals surface area contributed by atoms with Crippen LogP contribution in [0.25, 0.3) is 11.0 Å². The van der Waals surface area contributed by atoms with E-state index >= 15 is 0 Å². The van der Waals surface area contributed by atoms with Crippen LogP contribution in [0.2, 0.25) is 5.02 Å². The van der Waals surface area contributed by atoms with Crippen molar-refractivity contribution in [3.05, 3.63) is 41.2 Å². The number of benzene rings is 1. The minimum Gasteiger partial charge on any atom is -0.368 e. The number of rotatable bonds is 6. The second-order valence-corrected chi connectivity index (χ2v) is 11.1. The number of carbonyl (C=O) groups excluding carboxylic acids is 1. The summed E-state index contributed by atoms with van der Waals surface area (Å²) in [5, 5.41) is 1.76. The Hall–Kier alpha value is -2.36.